The van der Waals surface area contributed by atoms with Gasteiger partial charge in [-0.15, -0.1) is 0 Å². The molecular weight excluding hydrogens is 348 g/mol. The van der Waals surface area contributed by atoms with Gasteiger partial charge in [-0.25, -0.2) is 8.42 Å². The van der Waals surface area contributed by atoms with E-state index in [0.29, 0.717) is 5.56 Å². The first-order valence-corrected chi connectivity index (χ1v) is 9.26. The van der Waals surface area contributed by atoms with Gasteiger partial charge in [-0.05, 0) is 24.6 Å². The fourth-order valence-corrected chi connectivity index (χ4v) is 3.75. The lowest BCUT2D eigenvalue weighted by Gasteiger charge is -2.14. The van der Waals surface area contributed by atoms with Crippen LogP contribution in [0.4, 0.5) is 0 Å². The first-order chi connectivity index (χ1) is 12.6. The maximum Gasteiger partial charge on any atom is 0.210 e. The highest BCUT2D eigenvalue weighted by Crippen LogP contribution is 2.34. The van der Waals surface area contributed by atoms with E-state index in [1.807, 2.05) is 0 Å². The number of allylic oxidation sites excluding steroid dienone is 2. The van der Waals surface area contributed by atoms with Crippen LogP contribution in [0.5, 0.6) is 0 Å². The highest BCUT2D eigenvalue weighted by atomic mass is 32.2. The van der Waals surface area contributed by atoms with Gasteiger partial charge in [-0.2, -0.15) is 10.5 Å². The summed E-state index contributed by atoms with van der Waals surface area (Å²) >= 11 is 0. The van der Waals surface area contributed by atoms with Gasteiger partial charge in [-0.1, -0.05) is 48.5 Å². The van der Waals surface area contributed by atoms with Gasteiger partial charge in [0, 0.05) is 5.57 Å². The third-order valence-corrected chi connectivity index (χ3v) is 5.25. The summed E-state index contributed by atoms with van der Waals surface area (Å²) in [4.78, 5) is -0.176. The first-order valence-electron chi connectivity index (χ1n) is 7.78. The summed E-state index contributed by atoms with van der Waals surface area (Å²) in [5.74, 6) is 0. The second-order valence-corrected chi connectivity index (χ2v) is 7.01. The predicted octanol–water partition coefficient (Wildman–Crippen LogP) is 3.84. The van der Waals surface area contributed by atoms with Crippen molar-refractivity contribution in [1.82, 2.24) is 0 Å². The minimum Gasteiger partial charge on any atom is -0.500 e. The number of benzene rings is 2. The topological polar surface area (TPSA) is 90.9 Å². The summed E-state index contributed by atoms with van der Waals surface area (Å²) < 4.78 is 31.6. The summed E-state index contributed by atoms with van der Waals surface area (Å²) in [5.41, 5.74) is 0.158. The van der Waals surface area contributed by atoms with Crippen LogP contribution in [0.2, 0.25) is 0 Å². The Morgan fingerprint density at radius 3 is 2.04 bits per heavy atom. The van der Waals surface area contributed by atoms with Crippen molar-refractivity contribution >= 4 is 15.4 Å². The van der Waals surface area contributed by atoms with Gasteiger partial charge >= 0.3 is 0 Å². The van der Waals surface area contributed by atoms with Crippen LogP contribution in [-0.4, -0.2) is 15.0 Å². The van der Waals surface area contributed by atoms with Crippen molar-refractivity contribution in [2.75, 3.05) is 6.61 Å². The van der Waals surface area contributed by atoms with Crippen LogP contribution in [0.3, 0.4) is 0 Å². The molecule has 0 radical (unpaired) electrons. The number of sulfone groups is 1. The van der Waals surface area contributed by atoms with Gasteiger partial charge < -0.3 is 4.74 Å². The molecule has 0 bridgehead atoms. The van der Waals surface area contributed by atoms with Crippen molar-refractivity contribution in [2.45, 2.75) is 11.8 Å². The van der Waals surface area contributed by atoms with Gasteiger partial charge in [0.05, 0.1) is 11.5 Å². The number of hydrogen-bond acceptors (Lipinski definition) is 5. The average Bonchev–Trinajstić information content (AvgIpc) is 2.69. The third kappa shape index (κ3) is 4.00. The zero-order valence-electron chi connectivity index (χ0n) is 14.1. The zero-order valence-corrected chi connectivity index (χ0v) is 14.9. The lowest BCUT2D eigenvalue weighted by molar-refractivity contribution is 0.268. The quantitative estimate of drug-likeness (QED) is 0.441. The molecule has 0 aromatic heterocycles. The fourth-order valence-electron chi connectivity index (χ4n) is 2.29. The van der Waals surface area contributed by atoms with Gasteiger partial charge in [-0.3, -0.25) is 0 Å². The molecule has 0 N–H and O–H groups in total. The molecule has 26 heavy (non-hydrogen) atoms. The molecule has 6 heteroatoms. The normalized spacial score (nSPS) is 11.1. The van der Waals surface area contributed by atoms with Crippen LogP contribution >= 0.6 is 0 Å². The molecule has 0 spiro atoms. The van der Waals surface area contributed by atoms with Gasteiger partial charge in [0.25, 0.3) is 0 Å². The molecule has 0 saturated heterocycles. The van der Waals surface area contributed by atoms with Crippen LogP contribution in [0, 0.1) is 22.7 Å². The van der Waals surface area contributed by atoms with E-state index in [1.165, 1.54) is 12.1 Å². The van der Waals surface area contributed by atoms with E-state index in [-0.39, 0.29) is 27.6 Å². The van der Waals surface area contributed by atoms with Crippen molar-refractivity contribution < 1.29 is 13.2 Å². The summed E-state index contributed by atoms with van der Waals surface area (Å²) in [6.45, 7) is 1.95. The molecule has 130 valence electrons. The molecule has 0 aliphatic rings. The average molecular weight is 364 g/mol. The SMILES string of the molecule is CCO/C=C(\C(=C(C#N)C#N)c1ccccc1)S(=O)(=O)c1ccccc1. The molecular formula is C20H16N2O3S. The molecule has 2 aromatic carbocycles. The fraction of sp³-hybridized carbons (Fsp3) is 0.100. The molecule has 0 heterocycles. The van der Waals surface area contributed by atoms with Crippen molar-refractivity contribution in [3.05, 3.63) is 83.0 Å². The Labute approximate surface area is 153 Å². The standard InChI is InChI=1S/C20H16N2O3S/c1-2-25-15-19(26(23,24)18-11-7-4-8-12-18)20(17(13-21)14-22)16-9-5-3-6-10-16/h3-12,15H,2H2,1H3/b19-15+. The van der Waals surface area contributed by atoms with E-state index in [0.717, 1.165) is 6.26 Å². The van der Waals surface area contributed by atoms with Gasteiger partial charge in [0.15, 0.2) is 0 Å². The Balaban J connectivity index is 2.82. The monoisotopic (exact) mass is 364 g/mol. The maximum absolute atomic E-state index is 13.2. The van der Waals surface area contributed by atoms with E-state index in [9.17, 15) is 18.9 Å². The van der Waals surface area contributed by atoms with Crippen molar-refractivity contribution in [3.8, 4) is 12.1 Å². The van der Waals surface area contributed by atoms with Crippen LogP contribution in [0.15, 0.2) is 82.3 Å². The highest BCUT2D eigenvalue weighted by molar-refractivity contribution is 7.95. The van der Waals surface area contributed by atoms with Crippen molar-refractivity contribution in [2.24, 2.45) is 0 Å². The smallest absolute Gasteiger partial charge is 0.210 e. The van der Waals surface area contributed by atoms with Crippen molar-refractivity contribution in [3.63, 3.8) is 0 Å². The van der Waals surface area contributed by atoms with E-state index in [4.69, 9.17) is 4.74 Å². The number of hydrogen-bond donors (Lipinski definition) is 0. The van der Waals surface area contributed by atoms with Crippen LogP contribution in [0.1, 0.15) is 12.5 Å². The summed E-state index contributed by atoms with van der Waals surface area (Å²) in [6.07, 6.45) is 1.10. The molecule has 0 amide bonds. The predicted molar refractivity (Wildman–Crippen MR) is 97.9 cm³/mol. The second kappa shape index (κ2) is 8.66. The Bertz CT molecular complexity index is 994. The van der Waals surface area contributed by atoms with E-state index < -0.39 is 9.84 Å². The lowest BCUT2D eigenvalue weighted by Crippen LogP contribution is -2.09. The number of nitrogens with zero attached hydrogens (tertiary/aromatic N) is 2. The minimum atomic E-state index is -4.01. The second-order valence-electron chi connectivity index (χ2n) is 5.09. The largest absolute Gasteiger partial charge is 0.500 e. The molecule has 5 nitrogen and oxygen atoms in total. The Kier molecular flexibility index (Phi) is 6.32. The molecule has 0 aliphatic heterocycles. The maximum atomic E-state index is 13.2. The Hall–Kier alpha value is -3.35. The minimum absolute atomic E-state index is 0.0212. The molecule has 2 rings (SSSR count). The molecule has 0 unspecified atom stereocenters. The molecule has 2 aromatic rings. The lowest BCUT2D eigenvalue weighted by atomic mass is 10.0. The van der Waals surface area contributed by atoms with E-state index in [2.05, 4.69) is 0 Å². The number of rotatable bonds is 6. The molecule has 0 saturated carbocycles. The number of ether oxygens (including phenoxy) is 1. The summed E-state index contributed by atoms with van der Waals surface area (Å²) in [7, 11) is -4.01. The Morgan fingerprint density at radius 1 is 1.00 bits per heavy atom. The molecule has 0 atom stereocenters. The van der Waals surface area contributed by atoms with Crippen molar-refractivity contribution in [1.29, 1.82) is 10.5 Å². The number of nitriles is 2. The van der Waals surface area contributed by atoms with Crippen LogP contribution in [-0.2, 0) is 14.6 Å². The zero-order chi connectivity index (χ0) is 19.0. The van der Waals surface area contributed by atoms with Gasteiger partial charge in [0.2, 0.25) is 9.84 Å². The van der Waals surface area contributed by atoms with E-state index >= 15 is 0 Å². The summed E-state index contributed by atoms with van der Waals surface area (Å²) in [6, 6.07) is 19.9. The molecule has 0 fully saturated rings. The van der Waals surface area contributed by atoms with Crippen LogP contribution in [0.25, 0.3) is 5.57 Å². The van der Waals surface area contributed by atoms with Gasteiger partial charge in [0.1, 0.15) is 28.9 Å². The van der Waals surface area contributed by atoms with Crippen LogP contribution < -0.4 is 0 Å². The molecule has 0 aliphatic carbocycles. The highest BCUT2D eigenvalue weighted by Gasteiger charge is 2.28. The summed E-state index contributed by atoms with van der Waals surface area (Å²) in [5, 5.41) is 18.8. The van der Waals surface area contributed by atoms with E-state index in [1.54, 1.807) is 67.6 Å². The Morgan fingerprint density at radius 2 is 1.54 bits per heavy atom. The third-order valence-electron chi connectivity index (χ3n) is 3.48. The first kappa shape index (κ1) is 19.0.